The highest BCUT2D eigenvalue weighted by Crippen LogP contribution is 2.33. The molecule has 0 aliphatic heterocycles. The molecule has 1 atom stereocenters. The van der Waals surface area contributed by atoms with Crippen LogP contribution in [0.3, 0.4) is 0 Å². The van der Waals surface area contributed by atoms with Crippen LogP contribution in [-0.2, 0) is 11.2 Å². The van der Waals surface area contributed by atoms with Gasteiger partial charge in [-0.3, -0.25) is 4.79 Å². The Morgan fingerprint density at radius 2 is 2.12 bits per heavy atom. The fourth-order valence-corrected chi connectivity index (χ4v) is 4.42. The van der Waals surface area contributed by atoms with E-state index in [9.17, 15) is 4.79 Å². The highest BCUT2D eigenvalue weighted by Gasteiger charge is 2.19. The molecule has 0 radical (unpaired) electrons. The number of hydrogen-bond donors (Lipinski definition) is 1. The van der Waals surface area contributed by atoms with Crippen LogP contribution in [0.25, 0.3) is 10.2 Å². The highest BCUT2D eigenvalue weighted by molar-refractivity contribution is 8.00. The first-order valence-corrected chi connectivity index (χ1v) is 9.95. The van der Waals surface area contributed by atoms with Crippen molar-refractivity contribution in [3.63, 3.8) is 0 Å². The second-order valence-corrected chi connectivity index (χ2v) is 8.49. The van der Waals surface area contributed by atoms with Gasteiger partial charge in [-0.25, -0.2) is 15.0 Å². The fourth-order valence-electron chi connectivity index (χ4n) is 2.10. The average Bonchev–Trinajstić information content (AvgIpc) is 3.01. The van der Waals surface area contributed by atoms with Gasteiger partial charge >= 0.3 is 0 Å². The topological polar surface area (TPSA) is 67.8 Å². The van der Waals surface area contributed by atoms with Crippen LogP contribution >= 0.6 is 46.3 Å². The van der Waals surface area contributed by atoms with Gasteiger partial charge in [-0.2, -0.15) is 0 Å². The molecule has 0 aliphatic rings. The molecular weight excluding hydrogens is 399 g/mol. The van der Waals surface area contributed by atoms with Gasteiger partial charge in [0.2, 0.25) is 5.91 Å². The van der Waals surface area contributed by atoms with E-state index in [1.165, 1.54) is 35.2 Å². The lowest BCUT2D eigenvalue weighted by atomic mass is 10.3. The maximum atomic E-state index is 12.4. The first-order chi connectivity index (χ1) is 12.0. The number of aromatic nitrogens is 3. The third kappa shape index (κ3) is 4.23. The van der Waals surface area contributed by atoms with Gasteiger partial charge in [-0.1, -0.05) is 41.9 Å². The predicted molar refractivity (Wildman–Crippen MR) is 105 cm³/mol. The number of anilines is 1. The molecule has 0 saturated heterocycles. The SMILES string of the molecule is CCc1cc2c(S[C@H](C)C(=O)Nc3ncc(Cl)cc3Cl)ncnc2s1. The van der Waals surface area contributed by atoms with Crippen LogP contribution in [0, 0.1) is 0 Å². The number of pyridine rings is 1. The smallest absolute Gasteiger partial charge is 0.238 e. The molecule has 3 heterocycles. The molecule has 0 saturated carbocycles. The lowest BCUT2D eigenvalue weighted by Gasteiger charge is -2.12. The number of rotatable bonds is 5. The lowest BCUT2D eigenvalue weighted by Crippen LogP contribution is -2.23. The summed E-state index contributed by atoms with van der Waals surface area (Å²) in [6, 6.07) is 3.62. The fraction of sp³-hybridized carbons (Fsp3) is 0.250. The van der Waals surface area contributed by atoms with E-state index in [2.05, 4.69) is 33.3 Å². The summed E-state index contributed by atoms with van der Waals surface area (Å²) < 4.78 is 0. The van der Waals surface area contributed by atoms with E-state index >= 15 is 0 Å². The van der Waals surface area contributed by atoms with Crippen LogP contribution < -0.4 is 5.32 Å². The number of carbonyl (C=O) groups is 1. The van der Waals surface area contributed by atoms with E-state index in [1.807, 2.05) is 6.92 Å². The number of hydrogen-bond acceptors (Lipinski definition) is 6. The maximum absolute atomic E-state index is 12.4. The standard InChI is InChI=1S/C16H14Cl2N4OS2/c1-3-10-5-11-15(20-7-21-16(11)25-10)24-8(2)14(23)22-13-12(18)4-9(17)6-19-13/h4-8H,3H2,1-2H3,(H,19,22,23)/t8-/m1/s1. The molecule has 0 unspecified atom stereocenters. The quantitative estimate of drug-likeness (QED) is 0.467. The third-order valence-electron chi connectivity index (χ3n) is 3.40. The molecule has 9 heteroatoms. The van der Waals surface area contributed by atoms with Crippen LogP contribution in [0.5, 0.6) is 0 Å². The minimum absolute atomic E-state index is 0.209. The first kappa shape index (κ1) is 18.4. The molecule has 3 rings (SSSR count). The summed E-state index contributed by atoms with van der Waals surface area (Å²) in [5.74, 6) is 0.0829. The Hall–Kier alpha value is -1.41. The number of carbonyl (C=O) groups excluding carboxylic acids is 1. The van der Waals surface area contributed by atoms with E-state index in [0.29, 0.717) is 15.9 Å². The zero-order valence-corrected chi connectivity index (χ0v) is 16.6. The second kappa shape index (κ2) is 7.86. The summed E-state index contributed by atoms with van der Waals surface area (Å²) in [5, 5.41) is 4.83. The molecule has 0 spiro atoms. The maximum Gasteiger partial charge on any atom is 0.238 e. The third-order valence-corrected chi connectivity index (χ3v) is 6.20. The van der Waals surface area contributed by atoms with Crippen molar-refractivity contribution < 1.29 is 4.79 Å². The molecule has 3 aromatic heterocycles. The molecular formula is C16H14Cl2N4OS2. The Morgan fingerprint density at radius 3 is 2.84 bits per heavy atom. The van der Waals surface area contributed by atoms with E-state index in [-0.39, 0.29) is 11.2 Å². The molecule has 130 valence electrons. The van der Waals surface area contributed by atoms with Crippen LogP contribution in [0.15, 0.2) is 29.7 Å². The monoisotopic (exact) mass is 412 g/mol. The zero-order chi connectivity index (χ0) is 18.0. The van der Waals surface area contributed by atoms with E-state index in [0.717, 1.165) is 21.7 Å². The van der Waals surface area contributed by atoms with Crippen molar-refractivity contribution in [3.8, 4) is 0 Å². The lowest BCUT2D eigenvalue weighted by molar-refractivity contribution is -0.115. The average molecular weight is 413 g/mol. The van der Waals surface area contributed by atoms with Crippen molar-refractivity contribution in [1.82, 2.24) is 15.0 Å². The minimum atomic E-state index is -0.378. The van der Waals surface area contributed by atoms with Crippen LogP contribution in [-0.4, -0.2) is 26.1 Å². The van der Waals surface area contributed by atoms with Crippen molar-refractivity contribution in [1.29, 1.82) is 0 Å². The van der Waals surface area contributed by atoms with Crippen molar-refractivity contribution in [2.75, 3.05) is 5.32 Å². The van der Waals surface area contributed by atoms with Gasteiger partial charge in [-0.05, 0) is 25.5 Å². The van der Waals surface area contributed by atoms with Gasteiger partial charge in [0.05, 0.1) is 15.3 Å². The zero-order valence-electron chi connectivity index (χ0n) is 13.4. The van der Waals surface area contributed by atoms with E-state index in [1.54, 1.807) is 11.3 Å². The van der Waals surface area contributed by atoms with Crippen molar-refractivity contribution in [2.45, 2.75) is 30.5 Å². The molecule has 3 aromatic rings. The number of nitrogens with one attached hydrogen (secondary N) is 1. The molecule has 0 aromatic carbocycles. The molecule has 0 aliphatic carbocycles. The molecule has 0 bridgehead atoms. The first-order valence-electron chi connectivity index (χ1n) is 7.50. The number of thiophene rings is 1. The summed E-state index contributed by atoms with van der Waals surface area (Å²) in [6.45, 7) is 3.91. The number of halogens is 2. The molecule has 1 amide bonds. The van der Waals surface area contributed by atoms with Gasteiger partial charge < -0.3 is 5.32 Å². The summed E-state index contributed by atoms with van der Waals surface area (Å²) in [7, 11) is 0. The Kier molecular flexibility index (Phi) is 5.78. The van der Waals surface area contributed by atoms with Crippen molar-refractivity contribution in [3.05, 3.63) is 39.6 Å². The second-order valence-electron chi connectivity index (χ2n) is 5.20. The number of amides is 1. The number of fused-ring (bicyclic) bond motifs is 1. The molecule has 5 nitrogen and oxygen atoms in total. The number of thioether (sulfide) groups is 1. The van der Waals surface area contributed by atoms with Gasteiger partial charge in [0.1, 0.15) is 16.2 Å². The largest absolute Gasteiger partial charge is 0.308 e. The summed E-state index contributed by atoms with van der Waals surface area (Å²) in [4.78, 5) is 27.3. The van der Waals surface area contributed by atoms with Gasteiger partial charge in [0, 0.05) is 16.5 Å². The van der Waals surface area contributed by atoms with E-state index in [4.69, 9.17) is 23.2 Å². The highest BCUT2D eigenvalue weighted by atomic mass is 35.5. The number of aryl methyl sites for hydroxylation is 1. The van der Waals surface area contributed by atoms with Crippen LogP contribution in [0.1, 0.15) is 18.7 Å². The number of nitrogens with zero attached hydrogens (tertiary/aromatic N) is 3. The summed E-state index contributed by atoms with van der Waals surface area (Å²) in [6.07, 6.45) is 3.91. The Bertz CT molecular complexity index is 932. The van der Waals surface area contributed by atoms with Crippen molar-refractivity contribution in [2.24, 2.45) is 0 Å². The predicted octanol–water partition coefficient (Wildman–Crippen LogP) is 5.07. The van der Waals surface area contributed by atoms with Gasteiger partial charge in [0.25, 0.3) is 0 Å². The van der Waals surface area contributed by atoms with Crippen LogP contribution in [0.4, 0.5) is 5.82 Å². The van der Waals surface area contributed by atoms with Gasteiger partial charge in [-0.15, -0.1) is 11.3 Å². The summed E-state index contributed by atoms with van der Waals surface area (Å²) in [5.41, 5.74) is 0. The normalized spacial score (nSPS) is 12.3. The summed E-state index contributed by atoms with van der Waals surface area (Å²) >= 11 is 14.9. The Morgan fingerprint density at radius 1 is 1.32 bits per heavy atom. The molecule has 0 fully saturated rings. The Labute approximate surface area is 163 Å². The van der Waals surface area contributed by atoms with Gasteiger partial charge in [0.15, 0.2) is 5.82 Å². The Balaban J connectivity index is 1.76. The molecule has 25 heavy (non-hydrogen) atoms. The molecule has 1 N–H and O–H groups in total. The minimum Gasteiger partial charge on any atom is -0.308 e. The van der Waals surface area contributed by atoms with Crippen LogP contribution in [0.2, 0.25) is 10.0 Å². The van der Waals surface area contributed by atoms with Crippen molar-refractivity contribution >= 4 is 68.2 Å². The van der Waals surface area contributed by atoms with E-state index < -0.39 is 0 Å².